The van der Waals surface area contributed by atoms with Crippen LogP contribution in [-0.4, -0.2) is 16.9 Å². The lowest BCUT2D eigenvalue weighted by Gasteiger charge is -2.16. The molecule has 17 heavy (non-hydrogen) atoms. The van der Waals surface area contributed by atoms with Crippen molar-refractivity contribution in [2.45, 2.75) is 39.4 Å². The summed E-state index contributed by atoms with van der Waals surface area (Å²) in [4.78, 5) is 11.0. The van der Waals surface area contributed by atoms with E-state index in [1.807, 2.05) is 26.8 Å². The van der Waals surface area contributed by atoms with Gasteiger partial charge in [-0.25, -0.2) is 0 Å². The van der Waals surface area contributed by atoms with Crippen LogP contribution in [0.25, 0.3) is 0 Å². The summed E-state index contributed by atoms with van der Waals surface area (Å²) in [6.45, 7) is 7.19. The van der Waals surface area contributed by atoms with Crippen molar-refractivity contribution in [2.24, 2.45) is 0 Å². The van der Waals surface area contributed by atoms with Gasteiger partial charge in [-0.1, -0.05) is 0 Å². The van der Waals surface area contributed by atoms with Gasteiger partial charge in [0.15, 0.2) is 11.5 Å². The lowest BCUT2D eigenvalue weighted by Crippen LogP contribution is -2.29. The van der Waals surface area contributed by atoms with Crippen LogP contribution < -0.4 is 9.47 Å². The van der Waals surface area contributed by atoms with Crippen LogP contribution in [0.1, 0.15) is 37.8 Å². The summed E-state index contributed by atoms with van der Waals surface area (Å²) in [5.41, 5.74) is 1.66. The molecule has 92 valence electrons. The van der Waals surface area contributed by atoms with E-state index in [4.69, 9.17) is 14.6 Å². The predicted octanol–water partition coefficient (Wildman–Crippen LogP) is 2.69. The predicted molar refractivity (Wildman–Crippen MR) is 62.6 cm³/mol. The third-order valence-corrected chi connectivity index (χ3v) is 2.88. The van der Waals surface area contributed by atoms with Gasteiger partial charge in [0.2, 0.25) is 5.79 Å². The summed E-state index contributed by atoms with van der Waals surface area (Å²) in [5, 5.41) is 9.04. The maximum Gasteiger partial charge on any atom is 0.310 e. The van der Waals surface area contributed by atoms with Crippen molar-refractivity contribution in [3.8, 4) is 11.5 Å². The zero-order valence-corrected chi connectivity index (χ0v) is 10.4. The summed E-state index contributed by atoms with van der Waals surface area (Å²) >= 11 is 0. The molecule has 0 aromatic heterocycles. The molecule has 0 saturated heterocycles. The van der Waals surface area contributed by atoms with E-state index in [-0.39, 0.29) is 0 Å². The van der Waals surface area contributed by atoms with Crippen LogP contribution in [0.3, 0.4) is 0 Å². The molecule has 1 N–H and O–H groups in total. The summed E-state index contributed by atoms with van der Waals surface area (Å²) in [6.07, 6.45) is 0. The number of ether oxygens (including phenoxy) is 2. The highest BCUT2D eigenvalue weighted by Gasteiger charge is 2.33. The molecule has 0 saturated carbocycles. The molecule has 1 heterocycles. The molecule has 1 unspecified atom stereocenters. The van der Waals surface area contributed by atoms with Crippen molar-refractivity contribution in [1.82, 2.24) is 0 Å². The molecule has 0 radical (unpaired) electrons. The Labute approximate surface area is 100 Å². The monoisotopic (exact) mass is 236 g/mol. The lowest BCUT2D eigenvalue weighted by atomic mass is 9.96. The van der Waals surface area contributed by atoms with E-state index in [1.165, 1.54) is 0 Å². The van der Waals surface area contributed by atoms with E-state index < -0.39 is 17.7 Å². The van der Waals surface area contributed by atoms with E-state index in [9.17, 15) is 4.79 Å². The first-order valence-corrected chi connectivity index (χ1v) is 5.55. The van der Waals surface area contributed by atoms with E-state index in [0.717, 1.165) is 11.1 Å². The van der Waals surface area contributed by atoms with Gasteiger partial charge in [0.25, 0.3) is 0 Å². The number of carboxylic acids is 1. The number of carboxylic acid groups (broad SMARTS) is 1. The minimum Gasteiger partial charge on any atom is -0.481 e. The minimum absolute atomic E-state index is 0.549. The van der Waals surface area contributed by atoms with Crippen LogP contribution in [0.2, 0.25) is 0 Å². The van der Waals surface area contributed by atoms with Crippen LogP contribution in [0.4, 0.5) is 0 Å². The summed E-state index contributed by atoms with van der Waals surface area (Å²) < 4.78 is 11.2. The SMILES string of the molecule is Cc1cc2c(cc1C(C)C(=O)O)OC(C)(C)O2. The Bertz CT molecular complexity index is 477. The zero-order valence-electron chi connectivity index (χ0n) is 10.4. The largest absolute Gasteiger partial charge is 0.481 e. The molecule has 0 bridgehead atoms. The molecular weight excluding hydrogens is 220 g/mol. The number of hydrogen-bond acceptors (Lipinski definition) is 3. The van der Waals surface area contributed by atoms with Crippen LogP contribution in [0.15, 0.2) is 12.1 Å². The van der Waals surface area contributed by atoms with Gasteiger partial charge in [0.05, 0.1) is 5.92 Å². The normalized spacial score (nSPS) is 17.9. The van der Waals surface area contributed by atoms with Gasteiger partial charge in [-0.3, -0.25) is 4.79 Å². The molecule has 4 nitrogen and oxygen atoms in total. The highest BCUT2D eigenvalue weighted by atomic mass is 16.7. The molecule has 0 spiro atoms. The minimum atomic E-state index is -0.841. The molecule has 1 aromatic rings. The maximum atomic E-state index is 11.0. The fourth-order valence-electron chi connectivity index (χ4n) is 1.99. The van der Waals surface area contributed by atoms with Crippen molar-refractivity contribution >= 4 is 5.97 Å². The maximum absolute atomic E-state index is 11.0. The second-order valence-electron chi connectivity index (χ2n) is 4.82. The third-order valence-electron chi connectivity index (χ3n) is 2.88. The van der Waals surface area contributed by atoms with Gasteiger partial charge in [0, 0.05) is 13.8 Å². The number of carbonyl (C=O) groups is 1. The molecule has 4 heteroatoms. The third kappa shape index (κ3) is 2.07. The number of fused-ring (bicyclic) bond motifs is 1. The van der Waals surface area contributed by atoms with E-state index in [0.29, 0.717) is 11.5 Å². The van der Waals surface area contributed by atoms with Crippen molar-refractivity contribution in [3.63, 3.8) is 0 Å². The van der Waals surface area contributed by atoms with Gasteiger partial charge >= 0.3 is 5.97 Å². The van der Waals surface area contributed by atoms with Crippen molar-refractivity contribution in [2.75, 3.05) is 0 Å². The van der Waals surface area contributed by atoms with Crippen molar-refractivity contribution < 1.29 is 19.4 Å². The topological polar surface area (TPSA) is 55.8 Å². The number of benzene rings is 1. The average molecular weight is 236 g/mol. The first-order chi connectivity index (χ1) is 7.80. The highest BCUT2D eigenvalue weighted by Crippen LogP contribution is 2.42. The molecule has 1 aromatic carbocycles. The molecule has 0 amide bonds. The smallest absolute Gasteiger partial charge is 0.310 e. The Morgan fingerprint density at radius 3 is 2.35 bits per heavy atom. The van der Waals surface area contributed by atoms with Gasteiger partial charge in [0.1, 0.15) is 0 Å². The molecule has 2 rings (SSSR count). The van der Waals surface area contributed by atoms with Gasteiger partial charge in [-0.15, -0.1) is 0 Å². The Balaban J connectivity index is 2.44. The van der Waals surface area contributed by atoms with Crippen LogP contribution in [0, 0.1) is 6.92 Å². The molecule has 1 aliphatic rings. The van der Waals surface area contributed by atoms with Gasteiger partial charge in [-0.05, 0) is 37.1 Å². The Morgan fingerprint density at radius 2 is 1.82 bits per heavy atom. The number of hydrogen-bond donors (Lipinski definition) is 1. The fraction of sp³-hybridized carbons (Fsp3) is 0.462. The van der Waals surface area contributed by atoms with Crippen LogP contribution in [0.5, 0.6) is 11.5 Å². The van der Waals surface area contributed by atoms with E-state index >= 15 is 0 Å². The lowest BCUT2D eigenvalue weighted by molar-refractivity contribution is -0.138. The van der Waals surface area contributed by atoms with Crippen molar-refractivity contribution in [3.05, 3.63) is 23.3 Å². The number of aliphatic carboxylic acids is 1. The highest BCUT2D eigenvalue weighted by molar-refractivity contribution is 5.76. The van der Waals surface area contributed by atoms with Crippen LogP contribution in [-0.2, 0) is 4.79 Å². The zero-order chi connectivity index (χ0) is 12.8. The first-order valence-electron chi connectivity index (χ1n) is 5.55. The second kappa shape index (κ2) is 3.65. The number of aryl methyl sites for hydroxylation is 1. The molecule has 0 fully saturated rings. The average Bonchev–Trinajstić information content (AvgIpc) is 2.48. The van der Waals surface area contributed by atoms with E-state index in [2.05, 4.69) is 0 Å². The summed E-state index contributed by atoms with van der Waals surface area (Å²) in [6, 6.07) is 3.59. The Morgan fingerprint density at radius 1 is 1.29 bits per heavy atom. The quantitative estimate of drug-likeness (QED) is 0.857. The van der Waals surface area contributed by atoms with E-state index in [1.54, 1.807) is 13.0 Å². The Kier molecular flexibility index (Phi) is 2.53. The second-order valence-corrected chi connectivity index (χ2v) is 4.82. The Hall–Kier alpha value is -1.71. The first kappa shape index (κ1) is 11.8. The van der Waals surface area contributed by atoms with Gasteiger partial charge < -0.3 is 14.6 Å². The molecule has 0 aliphatic carbocycles. The summed E-state index contributed by atoms with van der Waals surface area (Å²) in [7, 11) is 0. The molecule has 1 atom stereocenters. The summed E-state index contributed by atoms with van der Waals surface area (Å²) in [5.74, 6) is -0.781. The number of rotatable bonds is 2. The standard InChI is InChI=1S/C13H16O4/c1-7-5-10-11(17-13(3,4)16-10)6-9(7)8(2)12(14)15/h5-6,8H,1-4H3,(H,14,15). The van der Waals surface area contributed by atoms with Crippen molar-refractivity contribution in [1.29, 1.82) is 0 Å². The molecule has 1 aliphatic heterocycles. The van der Waals surface area contributed by atoms with Gasteiger partial charge in [-0.2, -0.15) is 0 Å². The molecular formula is C13H16O4. The fourth-order valence-corrected chi connectivity index (χ4v) is 1.99. The van der Waals surface area contributed by atoms with Crippen LogP contribution >= 0.6 is 0 Å².